The quantitative estimate of drug-likeness (QED) is 0.376. The fourth-order valence-corrected chi connectivity index (χ4v) is 4.11. The first-order valence-electron chi connectivity index (χ1n) is 9.15. The van der Waals surface area contributed by atoms with Crippen LogP contribution in [0, 0.1) is 0 Å². The highest BCUT2D eigenvalue weighted by Crippen LogP contribution is 2.27. The Morgan fingerprint density at radius 3 is 2.55 bits per heavy atom. The lowest BCUT2D eigenvalue weighted by atomic mass is 10.2. The Morgan fingerprint density at radius 2 is 1.81 bits per heavy atom. The zero-order chi connectivity index (χ0) is 22.2. The molecular weight excluding hydrogens is 458 g/mol. The van der Waals surface area contributed by atoms with E-state index in [0.29, 0.717) is 15.8 Å². The molecule has 7 nitrogen and oxygen atoms in total. The van der Waals surface area contributed by atoms with Crippen LogP contribution in [-0.4, -0.2) is 33.6 Å². The average Bonchev–Trinajstić information content (AvgIpc) is 3.20. The van der Waals surface area contributed by atoms with E-state index in [1.54, 1.807) is 30.3 Å². The third-order valence-corrected chi connectivity index (χ3v) is 5.95. The normalized spacial score (nSPS) is 10.5. The molecule has 2 aromatic carbocycles. The molecule has 2 amide bonds. The summed E-state index contributed by atoms with van der Waals surface area (Å²) >= 11 is 8.56. The average molecular weight is 476 g/mol. The Bertz CT molecular complexity index is 1090. The van der Waals surface area contributed by atoms with Gasteiger partial charge in [0.25, 0.3) is 0 Å². The van der Waals surface area contributed by atoms with E-state index in [2.05, 4.69) is 15.6 Å². The molecule has 1 aromatic heterocycles. The Balaban J connectivity index is 1.50. The van der Waals surface area contributed by atoms with Crippen molar-refractivity contribution in [2.75, 3.05) is 16.4 Å². The monoisotopic (exact) mass is 475 g/mol. The van der Waals surface area contributed by atoms with Gasteiger partial charge in [0.1, 0.15) is 0 Å². The van der Waals surface area contributed by atoms with E-state index >= 15 is 0 Å². The SMILES string of the molecule is O=C(O)CCC(=O)Nc1cccc(SCC(=O)Nc2nc(-c3ccc(Cl)cc3)cs2)c1. The van der Waals surface area contributed by atoms with Crippen LogP contribution in [0.2, 0.25) is 5.02 Å². The Morgan fingerprint density at radius 1 is 1.03 bits per heavy atom. The van der Waals surface area contributed by atoms with Crippen molar-refractivity contribution >= 4 is 63.3 Å². The highest BCUT2D eigenvalue weighted by atomic mass is 35.5. The van der Waals surface area contributed by atoms with Crippen molar-refractivity contribution in [2.45, 2.75) is 17.7 Å². The van der Waals surface area contributed by atoms with Crippen molar-refractivity contribution in [3.05, 3.63) is 58.9 Å². The topological polar surface area (TPSA) is 108 Å². The number of carboxylic acid groups (broad SMARTS) is 1. The molecule has 10 heteroatoms. The molecule has 3 N–H and O–H groups in total. The van der Waals surface area contributed by atoms with E-state index < -0.39 is 5.97 Å². The number of hydrogen-bond acceptors (Lipinski definition) is 6. The molecule has 31 heavy (non-hydrogen) atoms. The summed E-state index contributed by atoms with van der Waals surface area (Å²) in [5.41, 5.74) is 2.22. The number of benzene rings is 2. The molecule has 0 saturated carbocycles. The summed E-state index contributed by atoms with van der Waals surface area (Å²) in [6.45, 7) is 0. The lowest BCUT2D eigenvalue weighted by molar-refractivity contribution is -0.138. The number of carbonyl (C=O) groups is 3. The van der Waals surface area contributed by atoms with E-state index in [4.69, 9.17) is 16.7 Å². The molecule has 3 aromatic rings. The summed E-state index contributed by atoms with van der Waals surface area (Å²) in [6.07, 6.45) is -0.322. The van der Waals surface area contributed by atoms with E-state index in [0.717, 1.165) is 16.2 Å². The Hall–Kier alpha value is -2.88. The van der Waals surface area contributed by atoms with E-state index in [9.17, 15) is 14.4 Å². The first kappa shape index (κ1) is 22.8. The number of amides is 2. The summed E-state index contributed by atoms with van der Waals surface area (Å²) < 4.78 is 0. The molecular formula is C21H18ClN3O4S2. The van der Waals surface area contributed by atoms with Gasteiger partial charge in [0.2, 0.25) is 11.8 Å². The fraction of sp³-hybridized carbons (Fsp3) is 0.143. The second-order valence-electron chi connectivity index (χ2n) is 6.35. The third-order valence-electron chi connectivity index (χ3n) is 3.94. The summed E-state index contributed by atoms with van der Waals surface area (Å²) in [7, 11) is 0. The highest BCUT2D eigenvalue weighted by molar-refractivity contribution is 8.00. The molecule has 160 valence electrons. The van der Waals surface area contributed by atoms with Crippen molar-refractivity contribution in [1.29, 1.82) is 0 Å². The molecule has 0 unspecified atom stereocenters. The minimum absolute atomic E-state index is 0.0963. The predicted molar refractivity (Wildman–Crippen MR) is 124 cm³/mol. The highest BCUT2D eigenvalue weighted by Gasteiger charge is 2.10. The maximum atomic E-state index is 12.3. The molecule has 0 bridgehead atoms. The summed E-state index contributed by atoms with van der Waals surface area (Å²) in [4.78, 5) is 39.8. The minimum Gasteiger partial charge on any atom is -0.481 e. The van der Waals surface area contributed by atoms with Gasteiger partial charge in [-0.3, -0.25) is 14.4 Å². The number of aliphatic carboxylic acids is 1. The smallest absolute Gasteiger partial charge is 0.303 e. The standard InChI is InChI=1S/C21H18ClN3O4S2/c22-14-6-4-13(5-7-14)17-11-31-21(24-17)25-19(27)12-30-16-3-1-2-15(10-16)23-18(26)8-9-20(28)29/h1-7,10-11H,8-9,12H2,(H,23,26)(H,28,29)(H,24,25,27). The molecule has 0 fully saturated rings. The van der Waals surface area contributed by atoms with Gasteiger partial charge in [0, 0.05) is 33.0 Å². The van der Waals surface area contributed by atoms with Crippen LogP contribution in [0.4, 0.5) is 10.8 Å². The van der Waals surface area contributed by atoms with E-state index in [1.807, 2.05) is 23.6 Å². The van der Waals surface area contributed by atoms with Crippen LogP contribution < -0.4 is 10.6 Å². The van der Waals surface area contributed by atoms with Crippen LogP contribution in [0.5, 0.6) is 0 Å². The number of thioether (sulfide) groups is 1. The number of thiazole rings is 1. The number of halogens is 1. The number of anilines is 2. The van der Waals surface area contributed by atoms with Crippen molar-refractivity contribution < 1.29 is 19.5 Å². The number of rotatable bonds is 9. The van der Waals surface area contributed by atoms with Crippen molar-refractivity contribution in [1.82, 2.24) is 4.98 Å². The molecule has 0 atom stereocenters. The van der Waals surface area contributed by atoms with E-state index in [-0.39, 0.29) is 30.4 Å². The summed E-state index contributed by atoms with van der Waals surface area (Å²) in [5, 5.41) is 17.1. The number of carboxylic acids is 1. The van der Waals surface area contributed by atoms with Gasteiger partial charge in [0.05, 0.1) is 17.9 Å². The van der Waals surface area contributed by atoms with Crippen molar-refractivity contribution in [2.24, 2.45) is 0 Å². The molecule has 0 aliphatic heterocycles. The molecule has 0 aliphatic carbocycles. The van der Waals surface area contributed by atoms with Gasteiger partial charge in [-0.15, -0.1) is 23.1 Å². The summed E-state index contributed by atoms with van der Waals surface area (Å²) in [5.74, 6) is -1.42. The van der Waals surface area contributed by atoms with Crippen LogP contribution in [-0.2, 0) is 14.4 Å². The summed E-state index contributed by atoms with van der Waals surface area (Å²) in [6, 6.07) is 14.3. The largest absolute Gasteiger partial charge is 0.481 e. The number of nitrogens with zero attached hydrogens (tertiary/aromatic N) is 1. The fourth-order valence-electron chi connectivity index (χ4n) is 2.50. The van der Waals surface area contributed by atoms with Gasteiger partial charge in [-0.2, -0.15) is 0 Å². The third kappa shape index (κ3) is 7.39. The molecule has 1 heterocycles. The van der Waals surface area contributed by atoms with Crippen molar-refractivity contribution in [3.8, 4) is 11.3 Å². The maximum absolute atomic E-state index is 12.3. The van der Waals surface area contributed by atoms with Crippen LogP contribution in [0.25, 0.3) is 11.3 Å². The van der Waals surface area contributed by atoms with Gasteiger partial charge in [0.15, 0.2) is 5.13 Å². The lowest BCUT2D eigenvalue weighted by Crippen LogP contribution is -2.14. The Kier molecular flexibility index (Phi) is 8.05. The van der Waals surface area contributed by atoms with Gasteiger partial charge >= 0.3 is 5.97 Å². The maximum Gasteiger partial charge on any atom is 0.303 e. The molecule has 0 saturated heterocycles. The van der Waals surface area contributed by atoms with Crippen molar-refractivity contribution in [3.63, 3.8) is 0 Å². The second kappa shape index (κ2) is 10.9. The van der Waals surface area contributed by atoms with Gasteiger partial charge in [-0.1, -0.05) is 29.8 Å². The first-order valence-corrected chi connectivity index (χ1v) is 11.4. The molecule has 0 spiro atoms. The molecule has 0 aliphatic rings. The zero-order valence-corrected chi connectivity index (χ0v) is 18.5. The minimum atomic E-state index is -1.02. The molecule has 3 rings (SSSR count). The van der Waals surface area contributed by atoms with Crippen LogP contribution in [0.15, 0.2) is 58.8 Å². The Labute approximate surface area is 191 Å². The number of carbonyl (C=O) groups excluding carboxylic acids is 2. The van der Waals surface area contributed by atoms with E-state index in [1.165, 1.54) is 23.1 Å². The van der Waals surface area contributed by atoms with Gasteiger partial charge in [-0.05, 0) is 30.3 Å². The molecule has 0 radical (unpaired) electrons. The van der Waals surface area contributed by atoms with Crippen LogP contribution in [0.1, 0.15) is 12.8 Å². The number of nitrogens with one attached hydrogen (secondary N) is 2. The number of aromatic nitrogens is 1. The first-order chi connectivity index (χ1) is 14.9. The predicted octanol–water partition coefficient (Wildman–Crippen LogP) is 5.00. The second-order valence-corrected chi connectivity index (χ2v) is 8.69. The zero-order valence-electron chi connectivity index (χ0n) is 16.1. The number of hydrogen-bond donors (Lipinski definition) is 3. The lowest BCUT2D eigenvalue weighted by Gasteiger charge is -2.07. The van der Waals surface area contributed by atoms with Crippen LogP contribution in [0.3, 0.4) is 0 Å². The van der Waals surface area contributed by atoms with Gasteiger partial charge < -0.3 is 15.7 Å². The van der Waals surface area contributed by atoms with Gasteiger partial charge in [-0.25, -0.2) is 4.98 Å². The van der Waals surface area contributed by atoms with Crippen LogP contribution >= 0.6 is 34.7 Å².